The number of nitriles is 1. The molecule has 0 amide bonds. The molecule has 0 saturated heterocycles. The maximum absolute atomic E-state index is 11.0. The Balaban J connectivity index is 3.14. The molecular formula is C20H37NOS. The number of thiol groups is 1. The van der Waals surface area contributed by atoms with E-state index in [1.165, 1.54) is 83.5 Å². The molecule has 0 radical (unpaired) electrons. The first kappa shape index (κ1) is 22.5. The van der Waals surface area contributed by atoms with Crippen LogP contribution in [0.4, 0.5) is 0 Å². The Morgan fingerprint density at radius 2 is 1.13 bits per heavy atom. The molecule has 1 atom stereocenters. The third kappa shape index (κ3) is 16.2. The molecule has 0 aliphatic carbocycles. The SMILES string of the molecule is CCCCCCCCCCCCCCCCCC(C#N)C(=O)S. The van der Waals surface area contributed by atoms with E-state index in [-0.39, 0.29) is 5.12 Å². The number of carbonyl (C=O) groups is 1. The number of nitrogens with zero attached hydrogens (tertiary/aromatic N) is 1. The molecule has 0 saturated carbocycles. The standard InChI is InChI=1S/C20H37NOS/c1-2-3-4-5-6-7-8-9-10-11-12-13-14-15-16-17-19(18-21)20(22)23/h19H,2-17H2,1H3,(H,22,23). The second kappa shape index (κ2) is 17.9. The number of hydrogen-bond donors (Lipinski definition) is 1. The molecule has 1 unspecified atom stereocenters. The highest BCUT2D eigenvalue weighted by atomic mass is 32.1. The van der Waals surface area contributed by atoms with Crippen molar-refractivity contribution in [3.63, 3.8) is 0 Å². The highest BCUT2D eigenvalue weighted by Crippen LogP contribution is 2.15. The maximum Gasteiger partial charge on any atom is 0.203 e. The van der Waals surface area contributed by atoms with E-state index in [4.69, 9.17) is 5.26 Å². The van der Waals surface area contributed by atoms with Gasteiger partial charge in [0.2, 0.25) is 5.12 Å². The van der Waals surface area contributed by atoms with Crippen LogP contribution in [0.5, 0.6) is 0 Å². The monoisotopic (exact) mass is 339 g/mol. The minimum Gasteiger partial charge on any atom is -0.286 e. The summed E-state index contributed by atoms with van der Waals surface area (Å²) in [4.78, 5) is 11.0. The number of unbranched alkanes of at least 4 members (excludes halogenated alkanes) is 14. The van der Waals surface area contributed by atoms with Gasteiger partial charge in [0.25, 0.3) is 0 Å². The average molecular weight is 340 g/mol. The van der Waals surface area contributed by atoms with Crippen LogP contribution in [0, 0.1) is 17.2 Å². The van der Waals surface area contributed by atoms with E-state index >= 15 is 0 Å². The molecule has 0 bridgehead atoms. The summed E-state index contributed by atoms with van der Waals surface area (Å²) in [5.74, 6) is -0.500. The molecule has 134 valence electrons. The quantitative estimate of drug-likeness (QED) is 0.233. The summed E-state index contributed by atoms with van der Waals surface area (Å²) in [6.45, 7) is 2.27. The van der Waals surface area contributed by atoms with Crippen LogP contribution in [0.25, 0.3) is 0 Å². The van der Waals surface area contributed by atoms with Gasteiger partial charge in [0.15, 0.2) is 0 Å². The zero-order valence-electron chi connectivity index (χ0n) is 15.2. The van der Waals surface area contributed by atoms with Crippen molar-refractivity contribution in [2.75, 3.05) is 0 Å². The molecule has 0 spiro atoms. The fourth-order valence-electron chi connectivity index (χ4n) is 2.96. The van der Waals surface area contributed by atoms with Crippen LogP contribution >= 0.6 is 12.6 Å². The number of carbonyl (C=O) groups excluding carboxylic acids is 1. The normalized spacial score (nSPS) is 12.0. The van der Waals surface area contributed by atoms with Gasteiger partial charge in [-0.3, -0.25) is 4.79 Å². The Kier molecular flexibility index (Phi) is 17.5. The Morgan fingerprint density at radius 3 is 1.43 bits per heavy atom. The summed E-state index contributed by atoms with van der Waals surface area (Å²) in [5, 5.41) is 8.51. The molecule has 0 heterocycles. The Bertz CT molecular complexity index is 311. The Labute approximate surface area is 149 Å². The minimum absolute atomic E-state index is 0.280. The van der Waals surface area contributed by atoms with Gasteiger partial charge in [0, 0.05) is 0 Å². The zero-order chi connectivity index (χ0) is 17.2. The molecular weight excluding hydrogens is 302 g/mol. The predicted molar refractivity (Wildman–Crippen MR) is 103 cm³/mol. The van der Waals surface area contributed by atoms with Crippen LogP contribution in [0.3, 0.4) is 0 Å². The van der Waals surface area contributed by atoms with E-state index in [0.29, 0.717) is 6.42 Å². The highest BCUT2D eigenvalue weighted by Gasteiger charge is 2.12. The van der Waals surface area contributed by atoms with Gasteiger partial charge in [0.1, 0.15) is 5.92 Å². The molecule has 0 aromatic carbocycles. The predicted octanol–water partition coefficient (Wildman–Crippen LogP) is 6.84. The van der Waals surface area contributed by atoms with Crippen molar-refractivity contribution >= 4 is 17.7 Å². The second-order valence-corrected chi connectivity index (χ2v) is 7.20. The summed E-state index contributed by atoms with van der Waals surface area (Å²) < 4.78 is 0. The smallest absolute Gasteiger partial charge is 0.203 e. The maximum atomic E-state index is 11.0. The van der Waals surface area contributed by atoms with E-state index in [2.05, 4.69) is 19.6 Å². The lowest BCUT2D eigenvalue weighted by atomic mass is 10.0. The van der Waals surface area contributed by atoms with E-state index in [0.717, 1.165) is 12.8 Å². The van der Waals surface area contributed by atoms with E-state index in [1.54, 1.807) is 0 Å². The summed E-state index contributed by atoms with van der Waals surface area (Å²) in [7, 11) is 0. The zero-order valence-corrected chi connectivity index (χ0v) is 16.1. The van der Waals surface area contributed by atoms with Crippen molar-refractivity contribution in [3.8, 4) is 6.07 Å². The molecule has 0 fully saturated rings. The van der Waals surface area contributed by atoms with Gasteiger partial charge in [-0.2, -0.15) is 5.26 Å². The van der Waals surface area contributed by atoms with E-state index < -0.39 is 5.92 Å². The van der Waals surface area contributed by atoms with E-state index in [1.807, 2.05) is 6.07 Å². The molecule has 0 rings (SSSR count). The van der Waals surface area contributed by atoms with Crippen LogP contribution in [-0.2, 0) is 4.79 Å². The van der Waals surface area contributed by atoms with Crippen molar-refractivity contribution in [2.45, 2.75) is 110 Å². The van der Waals surface area contributed by atoms with Crippen LogP contribution in [0.2, 0.25) is 0 Å². The van der Waals surface area contributed by atoms with Crippen LogP contribution in [0.1, 0.15) is 110 Å². The fraction of sp³-hybridized carbons (Fsp3) is 0.900. The van der Waals surface area contributed by atoms with Crippen molar-refractivity contribution < 1.29 is 4.79 Å². The fourth-order valence-corrected chi connectivity index (χ4v) is 3.15. The van der Waals surface area contributed by atoms with Gasteiger partial charge in [-0.15, -0.1) is 12.6 Å². The summed E-state index contributed by atoms with van der Waals surface area (Å²) in [5.41, 5.74) is 0. The molecule has 2 nitrogen and oxygen atoms in total. The highest BCUT2D eigenvalue weighted by molar-refractivity contribution is 7.96. The van der Waals surface area contributed by atoms with Crippen LogP contribution in [0.15, 0.2) is 0 Å². The largest absolute Gasteiger partial charge is 0.286 e. The molecule has 3 heteroatoms. The third-order valence-corrected chi connectivity index (χ3v) is 4.86. The third-order valence-electron chi connectivity index (χ3n) is 4.55. The van der Waals surface area contributed by atoms with Gasteiger partial charge in [-0.1, -0.05) is 103 Å². The van der Waals surface area contributed by atoms with Crippen molar-refractivity contribution in [2.24, 2.45) is 5.92 Å². The van der Waals surface area contributed by atoms with Gasteiger partial charge < -0.3 is 0 Å². The summed E-state index contributed by atoms with van der Waals surface area (Å²) in [6, 6.07) is 2.03. The minimum atomic E-state index is -0.500. The summed E-state index contributed by atoms with van der Waals surface area (Å²) in [6.07, 6.45) is 20.7. The van der Waals surface area contributed by atoms with Crippen molar-refractivity contribution in [1.29, 1.82) is 5.26 Å². The number of hydrogen-bond acceptors (Lipinski definition) is 2. The first-order valence-corrected chi connectivity index (χ1v) is 10.3. The molecule has 0 aliphatic rings. The first-order chi connectivity index (χ1) is 11.2. The van der Waals surface area contributed by atoms with Gasteiger partial charge in [0.05, 0.1) is 6.07 Å². The van der Waals surface area contributed by atoms with Gasteiger partial charge in [-0.25, -0.2) is 0 Å². The van der Waals surface area contributed by atoms with Gasteiger partial charge in [-0.05, 0) is 6.42 Å². The van der Waals surface area contributed by atoms with Crippen molar-refractivity contribution in [1.82, 2.24) is 0 Å². The molecule has 0 aromatic rings. The number of rotatable bonds is 17. The second-order valence-electron chi connectivity index (χ2n) is 6.76. The lowest BCUT2D eigenvalue weighted by Crippen LogP contribution is -2.05. The van der Waals surface area contributed by atoms with Crippen molar-refractivity contribution in [3.05, 3.63) is 0 Å². The summed E-state index contributed by atoms with van der Waals surface area (Å²) >= 11 is 3.74. The Hall–Kier alpha value is -0.490. The van der Waals surface area contributed by atoms with Crippen LogP contribution < -0.4 is 0 Å². The molecule has 0 aromatic heterocycles. The first-order valence-electron chi connectivity index (χ1n) is 9.84. The lowest BCUT2D eigenvalue weighted by Gasteiger charge is -2.05. The lowest BCUT2D eigenvalue weighted by molar-refractivity contribution is -0.112. The Morgan fingerprint density at radius 1 is 0.783 bits per heavy atom. The molecule has 23 heavy (non-hydrogen) atoms. The van der Waals surface area contributed by atoms with E-state index in [9.17, 15) is 4.79 Å². The average Bonchev–Trinajstić information content (AvgIpc) is 2.54. The molecule has 0 N–H and O–H groups in total. The van der Waals surface area contributed by atoms with Gasteiger partial charge >= 0.3 is 0 Å². The van der Waals surface area contributed by atoms with Crippen LogP contribution in [-0.4, -0.2) is 5.12 Å². The molecule has 0 aliphatic heterocycles. The topological polar surface area (TPSA) is 40.9 Å².